The van der Waals surface area contributed by atoms with Gasteiger partial charge >= 0.3 is 0 Å². The molecule has 9 heteroatoms. The molecule has 0 aliphatic heterocycles. The number of hydrogen-bond acceptors (Lipinski definition) is 6. The molecule has 1 aromatic heterocycles. The van der Waals surface area contributed by atoms with E-state index >= 15 is 0 Å². The Morgan fingerprint density at radius 1 is 0.970 bits per heavy atom. The van der Waals surface area contributed by atoms with E-state index in [0.717, 1.165) is 5.56 Å². The van der Waals surface area contributed by atoms with E-state index in [9.17, 15) is 18.0 Å². The van der Waals surface area contributed by atoms with Gasteiger partial charge in [0.2, 0.25) is 5.43 Å². The molecule has 2 N–H and O–H groups in total. The van der Waals surface area contributed by atoms with Gasteiger partial charge in [0.1, 0.15) is 11.8 Å². The Hall–Kier alpha value is -4.24. The molecule has 4 rings (SSSR count). The third kappa shape index (κ3) is 4.99. The predicted octanol–water partition coefficient (Wildman–Crippen LogP) is 3.67. The van der Waals surface area contributed by atoms with Crippen LogP contribution in [0.1, 0.15) is 21.5 Å². The minimum absolute atomic E-state index is 0.141. The highest BCUT2D eigenvalue weighted by molar-refractivity contribution is 7.92. The zero-order valence-electron chi connectivity index (χ0n) is 17.5. The molecule has 0 radical (unpaired) electrons. The van der Waals surface area contributed by atoms with Gasteiger partial charge in [-0.1, -0.05) is 29.8 Å². The maximum Gasteiger partial charge on any atom is 0.271 e. The summed E-state index contributed by atoms with van der Waals surface area (Å²) in [4.78, 5) is 24.9. The Kier molecular flexibility index (Phi) is 6.05. The van der Waals surface area contributed by atoms with Gasteiger partial charge in [0.15, 0.2) is 0 Å². The Morgan fingerprint density at radius 3 is 2.39 bits per heavy atom. The summed E-state index contributed by atoms with van der Waals surface area (Å²) < 4.78 is 32.8. The lowest BCUT2D eigenvalue weighted by Gasteiger charge is -2.09. The Balaban J connectivity index is 1.42. The van der Waals surface area contributed by atoms with E-state index in [1.165, 1.54) is 48.9 Å². The van der Waals surface area contributed by atoms with E-state index < -0.39 is 15.9 Å². The second kappa shape index (κ2) is 9.09. The second-order valence-corrected chi connectivity index (χ2v) is 8.89. The quantitative estimate of drug-likeness (QED) is 0.336. The molecule has 1 heterocycles. The molecule has 8 nitrogen and oxygen atoms in total. The van der Waals surface area contributed by atoms with E-state index in [2.05, 4.69) is 15.2 Å². The molecule has 1 amide bonds. The van der Waals surface area contributed by atoms with Gasteiger partial charge in [0.25, 0.3) is 15.9 Å². The summed E-state index contributed by atoms with van der Waals surface area (Å²) in [5.74, 6) is -0.524. The van der Waals surface area contributed by atoms with Gasteiger partial charge in [-0.3, -0.25) is 14.3 Å². The maximum absolute atomic E-state index is 12.5. The molecule has 0 fully saturated rings. The number of nitrogens with zero attached hydrogens (tertiary/aromatic N) is 1. The van der Waals surface area contributed by atoms with Crippen molar-refractivity contribution in [3.05, 3.63) is 106 Å². The highest BCUT2D eigenvalue weighted by Crippen LogP contribution is 2.17. The lowest BCUT2D eigenvalue weighted by molar-refractivity contribution is 0.0955. The molecule has 0 aliphatic rings. The van der Waals surface area contributed by atoms with Crippen LogP contribution in [0.2, 0.25) is 0 Å². The number of carbonyl (C=O) groups is 1. The zero-order chi connectivity index (χ0) is 23.4. The van der Waals surface area contributed by atoms with Crippen molar-refractivity contribution in [2.75, 3.05) is 4.72 Å². The number of hydrazone groups is 1. The number of aryl methyl sites for hydroxylation is 1. The van der Waals surface area contributed by atoms with Gasteiger partial charge in [-0.2, -0.15) is 5.10 Å². The molecular weight excluding hydrogens is 442 g/mol. The Bertz CT molecular complexity index is 1510. The van der Waals surface area contributed by atoms with Crippen molar-refractivity contribution < 1.29 is 17.6 Å². The van der Waals surface area contributed by atoms with Gasteiger partial charge in [0, 0.05) is 11.3 Å². The van der Waals surface area contributed by atoms with Gasteiger partial charge in [0.05, 0.1) is 22.1 Å². The third-order valence-electron chi connectivity index (χ3n) is 4.81. The molecular formula is C24H19N3O5S. The van der Waals surface area contributed by atoms with Crippen LogP contribution in [-0.2, 0) is 10.0 Å². The summed E-state index contributed by atoms with van der Waals surface area (Å²) in [6.07, 6.45) is 2.48. The van der Waals surface area contributed by atoms with Crippen LogP contribution in [0.4, 0.5) is 5.69 Å². The summed E-state index contributed by atoms with van der Waals surface area (Å²) in [5, 5.41) is 4.23. The average molecular weight is 461 g/mol. The lowest BCUT2D eigenvalue weighted by atomic mass is 10.2. The van der Waals surface area contributed by atoms with Crippen molar-refractivity contribution in [2.24, 2.45) is 5.10 Å². The van der Waals surface area contributed by atoms with Gasteiger partial charge in [-0.15, -0.1) is 0 Å². The molecule has 0 saturated carbocycles. The largest absolute Gasteiger partial charge is 0.463 e. The van der Waals surface area contributed by atoms with Gasteiger partial charge in [-0.05, 0) is 55.5 Å². The highest BCUT2D eigenvalue weighted by atomic mass is 32.2. The Labute approximate surface area is 189 Å². The van der Waals surface area contributed by atoms with E-state index in [1.54, 1.807) is 36.4 Å². The van der Waals surface area contributed by atoms with Crippen molar-refractivity contribution in [1.29, 1.82) is 0 Å². The SMILES string of the molecule is Cc1ccc(S(=O)(=O)Nc2ccc(C(=O)NN=Cc3coc4ccccc4c3=O)cc2)cc1. The van der Waals surface area contributed by atoms with Crippen molar-refractivity contribution in [3.8, 4) is 0 Å². The molecule has 33 heavy (non-hydrogen) atoms. The summed E-state index contributed by atoms with van der Waals surface area (Å²) in [7, 11) is -3.74. The van der Waals surface area contributed by atoms with Crippen LogP contribution in [0, 0.1) is 6.92 Å². The number of benzene rings is 3. The zero-order valence-corrected chi connectivity index (χ0v) is 18.3. The van der Waals surface area contributed by atoms with E-state index in [4.69, 9.17) is 4.42 Å². The number of fused-ring (bicyclic) bond motifs is 1. The smallest absolute Gasteiger partial charge is 0.271 e. The van der Waals surface area contributed by atoms with Crippen LogP contribution in [0.3, 0.4) is 0 Å². The first-order valence-corrected chi connectivity index (χ1v) is 11.4. The number of carbonyl (C=O) groups excluding carboxylic acids is 1. The molecule has 166 valence electrons. The number of rotatable bonds is 6. The average Bonchev–Trinajstić information content (AvgIpc) is 2.81. The fourth-order valence-corrected chi connectivity index (χ4v) is 4.09. The van der Waals surface area contributed by atoms with Gasteiger partial charge < -0.3 is 4.42 Å². The normalized spacial score (nSPS) is 11.5. The van der Waals surface area contributed by atoms with Crippen LogP contribution in [0.25, 0.3) is 11.0 Å². The van der Waals surface area contributed by atoms with Crippen LogP contribution < -0.4 is 15.6 Å². The van der Waals surface area contributed by atoms with Crippen LogP contribution >= 0.6 is 0 Å². The molecule has 0 atom stereocenters. The molecule has 4 aromatic rings. The first kappa shape index (κ1) is 22.0. The Morgan fingerprint density at radius 2 is 1.67 bits per heavy atom. The third-order valence-corrected chi connectivity index (χ3v) is 6.20. The molecule has 3 aromatic carbocycles. The number of nitrogens with one attached hydrogen (secondary N) is 2. The number of sulfonamides is 1. The first-order valence-electron chi connectivity index (χ1n) is 9.87. The number of hydrogen-bond donors (Lipinski definition) is 2. The van der Waals surface area contributed by atoms with E-state index in [-0.39, 0.29) is 21.5 Å². The van der Waals surface area contributed by atoms with Crippen molar-refractivity contribution in [1.82, 2.24) is 5.43 Å². The first-order chi connectivity index (χ1) is 15.8. The van der Waals surface area contributed by atoms with Crippen molar-refractivity contribution in [2.45, 2.75) is 11.8 Å². The number of amides is 1. The van der Waals surface area contributed by atoms with Gasteiger partial charge in [-0.25, -0.2) is 13.8 Å². The highest BCUT2D eigenvalue weighted by Gasteiger charge is 2.14. The molecule has 0 unspecified atom stereocenters. The standard InChI is InChI=1S/C24H19N3O5S/c1-16-6-12-20(13-7-16)33(30,31)27-19-10-8-17(9-11-19)24(29)26-25-14-18-15-32-22-5-3-2-4-21(22)23(18)28/h2-15,27H,1H3,(H,26,29). The summed E-state index contributed by atoms with van der Waals surface area (Å²) in [6, 6.07) is 19.2. The number of anilines is 1. The number of para-hydroxylation sites is 1. The second-order valence-electron chi connectivity index (χ2n) is 7.21. The van der Waals surface area contributed by atoms with Crippen LogP contribution in [0.15, 0.2) is 98.3 Å². The summed E-state index contributed by atoms with van der Waals surface area (Å²) in [6.45, 7) is 1.87. The molecule has 0 bridgehead atoms. The maximum atomic E-state index is 12.5. The van der Waals surface area contributed by atoms with Crippen molar-refractivity contribution >= 4 is 38.8 Å². The lowest BCUT2D eigenvalue weighted by Crippen LogP contribution is -2.19. The molecule has 0 saturated heterocycles. The minimum Gasteiger partial charge on any atom is -0.463 e. The van der Waals surface area contributed by atoms with Crippen LogP contribution in [-0.4, -0.2) is 20.5 Å². The monoisotopic (exact) mass is 461 g/mol. The fourth-order valence-electron chi connectivity index (χ4n) is 3.03. The molecule has 0 aliphatic carbocycles. The summed E-state index contributed by atoms with van der Waals surface area (Å²) >= 11 is 0. The topological polar surface area (TPSA) is 118 Å². The van der Waals surface area contributed by atoms with Crippen LogP contribution in [0.5, 0.6) is 0 Å². The molecule has 0 spiro atoms. The fraction of sp³-hybridized carbons (Fsp3) is 0.0417. The van der Waals surface area contributed by atoms with E-state index in [1.807, 2.05) is 6.92 Å². The predicted molar refractivity (Wildman–Crippen MR) is 126 cm³/mol. The minimum atomic E-state index is -3.74. The van der Waals surface area contributed by atoms with Crippen molar-refractivity contribution in [3.63, 3.8) is 0 Å². The summed E-state index contributed by atoms with van der Waals surface area (Å²) in [5.41, 5.74) is 4.24. The van der Waals surface area contributed by atoms with E-state index in [0.29, 0.717) is 16.7 Å².